The minimum Gasteiger partial charge on any atom is -0.444 e. The molecular weight excluding hydrogens is 390 g/mol. The van der Waals surface area contributed by atoms with Gasteiger partial charge in [0.25, 0.3) is 0 Å². The molecule has 0 radical (unpaired) electrons. The van der Waals surface area contributed by atoms with E-state index in [1.54, 1.807) is 11.8 Å². The molecule has 1 heterocycles. The van der Waals surface area contributed by atoms with Crippen molar-refractivity contribution in [2.45, 2.75) is 84.3 Å². The zero-order chi connectivity index (χ0) is 21.6. The van der Waals surface area contributed by atoms with Gasteiger partial charge >= 0.3 is 0 Å². The Morgan fingerprint density at radius 3 is 2.87 bits per heavy atom. The highest BCUT2D eigenvalue weighted by atomic mass is 16.6. The van der Waals surface area contributed by atoms with E-state index in [4.69, 9.17) is 15.0 Å². The summed E-state index contributed by atoms with van der Waals surface area (Å²) in [5.41, 5.74) is 8.64. The molecule has 4 aliphatic rings. The van der Waals surface area contributed by atoms with Crippen molar-refractivity contribution in [3.63, 3.8) is 0 Å². The Morgan fingerprint density at radius 2 is 2.06 bits per heavy atom. The molecule has 1 aromatic heterocycles. The number of oxazole rings is 1. The normalized spacial score (nSPS) is 40.8. The quantitative estimate of drug-likeness (QED) is 0.537. The Bertz CT molecular complexity index is 877. The fraction of sp³-hybridized carbons (Fsp3) is 0.760. The topological polar surface area (TPSA) is 93.9 Å². The standard InChI is InChI=1S/C25H37N3O3/c1-24-10-7-17(28-30-12-9-23-27-15-18(14-26)31-23)13-16(24)3-4-19-20-5-6-22(29)25(20,2)11-8-21(19)24/h13,15,19-22,29H,3-12,14,26H2,1-2H3. The van der Waals surface area contributed by atoms with Gasteiger partial charge in [-0.1, -0.05) is 24.6 Å². The average Bonchev–Trinajstić information content (AvgIpc) is 3.35. The summed E-state index contributed by atoms with van der Waals surface area (Å²) in [6, 6.07) is 0. The van der Waals surface area contributed by atoms with Crippen LogP contribution in [0, 0.1) is 28.6 Å². The van der Waals surface area contributed by atoms with Crippen molar-refractivity contribution in [2.75, 3.05) is 6.61 Å². The zero-order valence-corrected chi connectivity index (χ0v) is 19.0. The molecule has 1 aromatic rings. The Morgan fingerprint density at radius 1 is 1.19 bits per heavy atom. The van der Waals surface area contributed by atoms with Crippen molar-refractivity contribution in [1.82, 2.24) is 4.98 Å². The van der Waals surface area contributed by atoms with Gasteiger partial charge in [-0.2, -0.15) is 0 Å². The van der Waals surface area contributed by atoms with Gasteiger partial charge in [0.05, 0.1) is 31.0 Å². The number of allylic oxidation sites excluding steroid dienone is 2. The van der Waals surface area contributed by atoms with E-state index >= 15 is 0 Å². The summed E-state index contributed by atoms with van der Waals surface area (Å²) >= 11 is 0. The Balaban J connectivity index is 1.24. The van der Waals surface area contributed by atoms with E-state index < -0.39 is 0 Å². The predicted octanol–water partition coefficient (Wildman–Crippen LogP) is 4.37. The fourth-order valence-electron chi connectivity index (χ4n) is 7.43. The van der Waals surface area contributed by atoms with E-state index in [9.17, 15) is 5.11 Å². The van der Waals surface area contributed by atoms with E-state index in [-0.39, 0.29) is 16.9 Å². The van der Waals surface area contributed by atoms with Crippen LogP contribution in [0.2, 0.25) is 0 Å². The number of rotatable bonds is 5. The lowest BCUT2D eigenvalue weighted by molar-refractivity contribution is -0.0722. The molecule has 5 rings (SSSR count). The summed E-state index contributed by atoms with van der Waals surface area (Å²) in [5, 5.41) is 15.1. The molecule has 0 spiro atoms. The second kappa shape index (κ2) is 8.04. The van der Waals surface area contributed by atoms with Gasteiger partial charge < -0.3 is 20.1 Å². The number of fused-ring (bicyclic) bond motifs is 5. The Labute approximate surface area is 185 Å². The second-order valence-electron chi connectivity index (χ2n) is 10.7. The van der Waals surface area contributed by atoms with Gasteiger partial charge in [0.1, 0.15) is 12.4 Å². The van der Waals surface area contributed by atoms with Crippen LogP contribution < -0.4 is 5.73 Å². The number of aromatic nitrogens is 1. The van der Waals surface area contributed by atoms with Crippen molar-refractivity contribution in [1.29, 1.82) is 0 Å². The highest BCUT2D eigenvalue weighted by Crippen LogP contribution is 2.65. The number of oxime groups is 1. The van der Waals surface area contributed by atoms with Crippen LogP contribution in [0.25, 0.3) is 0 Å². The largest absolute Gasteiger partial charge is 0.444 e. The first-order valence-electron chi connectivity index (χ1n) is 12.2. The average molecular weight is 428 g/mol. The molecule has 0 aliphatic heterocycles. The highest BCUT2D eigenvalue weighted by Gasteiger charge is 2.58. The maximum Gasteiger partial charge on any atom is 0.197 e. The first kappa shape index (κ1) is 21.2. The second-order valence-corrected chi connectivity index (χ2v) is 10.7. The molecule has 0 saturated heterocycles. The van der Waals surface area contributed by atoms with Crippen LogP contribution >= 0.6 is 0 Å². The Hall–Kier alpha value is -1.66. The van der Waals surface area contributed by atoms with E-state index in [1.165, 1.54) is 25.7 Å². The van der Waals surface area contributed by atoms with Crippen molar-refractivity contribution < 1.29 is 14.4 Å². The molecule has 3 saturated carbocycles. The van der Waals surface area contributed by atoms with Gasteiger partial charge in [-0.15, -0.1) is 0 Å². The van der Waals surface area contributed by atoms with Gasteiger partial charge in [0.2, 0.25) is 0 Å². The van der Waals surface area contributed by atoms with Gasteiger partial charge in [-0.05, 0) is 86.0 Å². The lowest BCUT2D eigenvalue weighted by Gasteiger charge is -2.57. The van der Waals surface area contributed by atoms with Gasteiger partial charge in [-0.3, -0.25) is 0 Å². The smallest absolute Gasteiger partial charge is 0.197 e. The number of aliphatic hydroxyl groups excluding tert-OH is 1. The molecule has 170 valence electrons. The molecule has 0 bridgehead atoms. The summed E-state index contributed by atoms with van der Waals surface area (Å²) < 4.78 is 5.51. The summed E-state index contributed by atoms with van der Waals surface area (Å²) in [6.45, 7) is 5.68. The van der Waals surface area contributed by atoms with Crippen molar-refractivity contribution >= 4 is 5.71 Å². The maximum atomic E-state index is 10.6. The predicted molar refractivity (Wildman–Crippen MR) is 119 cm³/mol. The van der Waals surface area contributed by atoms with Crippen LogP contribution in [-0.2, 0) is 17.8 Å². The molecule has 4 aliphatic carbocycles. The summed E-state index contributed by atoms with van der Waals surface area (Å²) in [6.07, 6.45) is 13.7. The fourth-order valence-corrected chi connectivity index (χ4v) is 7.43. The summed E-state index contributed by atoms with van der Waals surface area (Å²) in [7, 11) is 0. The van der Waals surface area contributed by atoms with E-state index in [0.717, 1.165) is 43.2 Å². The van der Waals surface area contributed by atoms with Crippen LogP contribution in [0.4, 0.5) is 0 Å². The molecule has 31 heavy (non-hydrogen) atoms. The molecule has 6 nitrogen and oxygen atoms in total. The molecule has 6 atom stereocenters. The van der Waals surface area contributed by atoms with Crippen LogP contribution in [-0.4, -0.2) is 28.5 Å². The maximum absolute atomic E-state index is 10.6. The monoisotopic (exact) mass is 427 g/mol. The lowest BCUT2D eigenvalue weighted by atomic mass is 9.47. The minimum absolute atomic E-state index is 0.0938. The van der Waals surface area contributed by atoms with Crippen molar-refractivity contribution in [3.8, 4) is 0 Å². The highest BCUT2D eigenvalue weighted by molar-refractivity contribution is 5.96. The van der Waals surface area contributed by atoms with Crippen molar-refractivity contribution in [3.05, 3.63) is 29.5 Å². The molecule has 0 aromatic carbocycles. The van der Waals surface area contributed by atoms with E-state index in [0.29, 0.717) is 37.1 Å². The van der Waals surface area contributed by atoms with Crippen LogP contribution in [0.5, 0.6) is 0 Å². The number of hydrogen-bond acceptors (Lipinski definition) is 6. The SMILES string of the molecule is CC12CCC(=NOCCc3ncc(CN)o3)C=C1CCC1C2CCC2(C)C(O)CCC12. The van der Waals surface area contributed by atoms with E-state index in [1.807, 2.05) is 0 Å². The van der Waals surface area contributed by atoms with E-state index in [2.05, 4.69) is 30.1 Å². The minimum atomic E-state index is -0.0938. The molecule has 3 N–H and O–H groups in total. The van der Waals surface area contributed by atoms with Crippen LogP contribution in [0.3, 0.4) is 0 Å². The number of aliphatic hydroxyl groups is 1. The molecule has 6 unspecified atom stereocenters. The number of hydrogen-bond donors (Lipinski definition) is 2. The first-order chi connectivity index (χ1) is 14.9. The first-order valence-corrected chi connectivity index (χ1v) is 12.2. The summed E-state index contributed by atoms with van der Waals surface area (Å²) in [5.74, 6) is 3.57. The van der Waals surface area contributed by atoms with Crippen molar-refractivity contribution in [2.24, 2.45) is 39.5 Å². The molecule has 3 fully saturated rings. The molecule has 0 amide bonds. The van der Waals surface area contributed by atoms with Crippen LogP contribution in [0.15, 0.2) is 27.4 Å². The molecule has 6 heteroatoms. The third-order valence-corrected chi connectivity index (χ3v) is 9.32. The zero-order valence-electron chi connectivity index (χ0n) is 19.0. The van der Waals surface area contributed by atoms with Gasteiger partial charge in [0, 0.05) is 0 Å². The lowest BCUT2D eigenvalue weighted by Crippen LogP contribution is -2.51. The Kier molecular flexibility index (Phi) is 5.50. The third-order valence-electron chi connectivity index (χ3n) is 9.32. The van der Waals surface area contributed by atoms with Crippen LogP contribution in [0.1, 0.15) is 76.9 Å². The van der Waals surface area contributed by atoms with Gasteiger partial charge in [0.15, 0.2) is 5.89 Å². The number of nitrogens with zero attached hydrogens (tertiary/aromatic N) is 2. The number of nitrogens with two attached hydrogens (primary N) is 1. The van der Waals surface area contributed by atoms with Gasteiger partial charge in [-0.25, -0.2) is 4.98 Å². The molecular formula is C25H37N3O3. The third kappa shape index (κ3) is 3.56. The summed E-state index contributed by atoms with van der Waals surface area (Å²) in [4.78, 5) is 9.81.